The van der Waals surface area contributed by atoms with Gasteiger partial charge in [0.15, 0.2) is 0 Å². The van der Waals surface area contributed by atoms with E-state index in [2.05, 4.69) is 33.0 Å². The van der Waals surface area contributed by atoms with Crippen molar-refractivity contribution in [2.45, 2.75) is 70.1 Å². The summed E-state index contributed by atoms with van der Waals surface area (Å²) in [6.45, 7) is 9.56. The van der Waals surface area contributed by atoms with Gasteiger partial charge in [-0.05, 0) is 71.5 Å². The molecule has 1 aliphatic heterocycles. The van der Waals surface area contributed by atoms with E-state index in [1.54, 1.807) is 13.1 Å². The van der Waals surface area contributed by atoms with Gasteiger partial charge >= 0.3 is 0 Å². The zero-order chi connectivity index (χ0) is 20.5. The number of benzene rings is 1. The van der Waals surface area contributed by atoms with Crippen molar-refractivity contribution in [2.24, 2.45) is 22.7 Å². The van der Waals surface area contributed by atoms with Crippen molar-refractivity contribution in [1.82, 2.24) is 5.32 Å². The minimum Gasteiger partial charge on any atom is -0.507 e. The maximum atomic E-state index is 13.3. The summed E-state index contributed by atoms with van der Waals surface area (Å²) in [5.41, 5.74) is 1.67. The second kappa shape index (κ2) is 6.32. The van der Waals surface area contributed by atoms with Gasteiger partial charge in [-0.3, -0.25) is 9.00 Å². The first-order chi connectivity index (χ1) is 13.0. The van der Waals surface area contributed by atoms with Crippen LogP contribution in [0.15, 0.2) is 17.0 Å². The molecule has 2 saturated carbocycles. The minimum absolute atomic E-state index is 0.0767. The maximum absolute atomic E-state index is 13.3. The summed E-state index contributed by atoms with van der Waals surface area (Å²) in [4.78, 5) is 13.0. The number of nitrogens with one attached hydrogen (secondary N) is 1. The second-order valence-electron chi connectivity index (χ2n) is 10.4. The fourth-order valence-electron chi connectivity index (χ4n) is 7.11. The van der Waals surface area contributed by atoms with Gasteiger partial charge in [0.25, 0.3) is 5.91 Å². The average molecular weight is 404 g/mol. The predicted octanol–water partition coefficient (Wildman–Crippen LogP) is 4.37. The number of hydrogen-bond acceptors (Lipinski definition) is 3. The van der Waals surface area contributed by atoms with Crippen LogP contribution >= 0.6 is 0 Å². The van der Waals surface area contributed by atoms with Crippen molar-refractivity contribution in [3.8, 4) is 5.75 Å². The number of phenolic OH excluding ortho intramolecular Hbond substituents is 1. The SMILES string of the molecule is CNC(=O)c1cc2c(cc1O)S(=O)C[C@@H]1[C@@]3(C)CCCC(C)(C)[C@@H]3CC[C@@]21C. The minimum atomic E-state index is -1.15. The number of fused-ring (bicyclic) bond motifs is 5. The highest BCUT2D eigenvalue weighted by atomic mass is 32.2. The third-order valence-corrected chi connectivity index (χ3v) is 10.0. The lowest BCUT2D eigenvalue weighted by Gasteiger charge is -2.63. The van der Waals surface area contributed by atoms with Gasteiger partial charge in [0, 0.05) is 17.7 Å². The fraction of sp³-hybridized carbons (Fsp3) is 0.696. The smallest absolute Gasteiger partial charge is 0.254 e. The van der Waals surface area contributed by atoms with E-state index >= 15 is 0 Å². The average Bonchev–Trinajstić information content (AvgIpc) is 2.62. The highest BCUT2D eigenvalue weighted by Crippen LogP contribution is 2.66. The molecule has 0 bridgehead atoms. The third-order valence-electron chi connectivity index (χ3n) is 8.54. The highest BCUT2D eigenvalue weighted by molar-refractivity contribution is 7.85. The number of rotatable bonds is 1. The number of carbonyl (C=O) groups excluding carboxylic acids is 1. The van der Waals surface area contributed by atoms with Crippen LogP contribution in [0, 0.1) is 22.7 Å². The third kappa shape index (κ3) is 2.61. The quantitative estimate of drug-likeness (QED) is 0.731. The van der Waals surface area contributed by atoms with Crippen LogP contribution in [0.2, 0.25) is 0 Å². The Labute approximate surface area is 170 Å². The standard InChI is InChI=1S/C23H33NO3S/c1-21(2)8-6-9-23(4)18(21)7-10-22(3)15-11-14(20(26)24-5)16(25)12-17(15)28(27)13-19(22)23/h11-12,18-19,25H,6-10,13H2,1-5H3,(H,24,26)/t18-,19-,22-,23-,28?/m0/s1. The zero-order valence-electron chi connectivity index (χ0n) is 17.7. The second-order valence-corrected chi connectivity index (χ2v) is 11.8. The molecule has 2 aliphatic carbocycles. The van der Waals surface area contributed by atoms with Crippen LogP contribution in [0.5, 0.6) is 5.75 Å². The van der Waals surface area contributed by atoms with Gasteiger partial charge in [-0.1, -0.05) is 34.1 Å². The van der Waals surface area contributed by atoms with Crippen LogP contribution in [-0.4, -0.2) is 28.0 Å². The van der Waals surface area contributed by atoms with E-state index in [1.165, 1.54) is 25.7 Å². The first-order valence-electron chi connectivity index (χ1n) is 10.5. The van der Waals surface area contributed by atoms with E-state index in [9.17, 15) is 14.1 Å². The summed E-state index contributed by atoms with van der Waals surface area (Å²) in [6, 6.07) is 3.40. The zero-order valence-corrected chi connectivity index (χ0v) is 18.5. The van der Waals surface area contributed by atoms with Crippen molar-refractivity contribution < 1.29 is 14.1 Å². The summed E-state index contributed by atoms with van der Waals surface area (Å²) in [7, 11) is 0.419. The lowest BCUT2D eigenvalue weighted by Crippen LogP contribution is -2.59. The first-order valence-corrected chi connectivity index (χ1v) is 11.8. The van der Waals surface area contributed by atoms with Gasteiger partial charge in [0.1, 0.15) is 5.75 Å². The van der Waals surface area contributed by atoms with Crippen molar-refractivity contribution in [2.75, 3.05) is 12.8 Å². The Bertz CT molecular complexity index is 864. The molecule has 2 N–H and O–H groups in total. The van der Waals surface area contributed by atoms with Gasteiger partial charge in [-0.25, -0.2) is 0 Å². The Morgan fingerprint density at radius 1 is 1.14 bits per heavy atom. The molecule has 0 spiro atoms. The molecule has 5 heteroatoms. The summed E-state index contributed by atoms with van der Waals surface area (Å²) in [5, 5.41) is 13.0. The molecule has 1 amide bonds. The molecular formula is C23H33NO3S. The van der Waals surface area contributed by atoms with Crippen LogP contribution < -0.4 is 5.32 Å². The monoisotopic (exact) mass is 403 g/mol. The molecule has 1 aromatic rings. The molecule has 28 heavy (non-hydrogen) atoms. The van der Waals surface area contributed by atoms with Crippen LogP contribution in [-0.2, 0) is 16.2 Å². The summed E-state index contributed by atoms with van der Waals surface area (Å²) in [5.74, 6) is 1.25. The summed E-state index contributed by atoms with van der Waals surface area (Å²) in [6.07, 6.45) is 5.90. The van der Waals surface area contributed by atoms with Gasteiger partial charge in [0.2, 0.25) is 0 Å². The maximum Gasteiger partial charge on any atom is 0.254 e. The number of amides is 1. The molecule has 0 radical (unpaired) electrons. The number of phenols is 1. The molecule has 154 valence electrons. The fourth-order valence-corrected chi connectivity index (χ4v) is 9.12. The topological polar surface area (TPSA) is 66.4 Å². The lowest BCUT2D eigenvalue weighted by atomic mass is 9.43. The van der Waals surface area contributed by atoms with E-state index in [1.807, 2.05) is 6.07 Å². The van der Waals surface area contributed by atoms with Crippen LogP contribution in [0.4, 0.5) is 0 Å². The van der Waals surface area contributed by atoms with Crippen molar-refractivity contribution in [1.29, 1.82) is 0 Å². The van der Waals surface area contributed by atoms with Gasteiger partial charge < -0.3 is 10.4 Å². The Balaban J connectivity index is 1.87. The Morgan fingerprint density at radius 3 is 2.54 bits per heavy atom. The summed E-state index contributed by atoms with van der Waals surface area (Å²) >= 11 is 0. The first kappa shape index (κ1) is 19.9. The molecule has 1 heterocycles. The number of aromatic hydroxyl groups is 1. The largest absolute Gasteiger partial charge is 0.507 e. The van der Waals surface area contributed by atoms with Crippen LogP contribution in [0.3, 0.4) is 0 Å². The van der Waals surface area contributed by atoms with E-state index in [-0.39, 0.29) is 28.1 Å². The van der Waals surface area contributed by atoms with Crippen molar-refractivity contribution in [3.05, 3.63) is 23.3 Å². The number of hydrogen-bond donors (Lipinski definition) is 2. The molecule has 4 rings (SSSR count). The van der Waals surface area contributed by atoms with Crippen LogP contribution in [0.25, 0.3) is 0 Å². The molecule has 3 aliphatic rings. The summed E-state index contributed by atoms with van der Waals surface area (Å²) < 4.78 is 13.3. The van der Waals surface area contributed by atoms with E-state index in [4.69, 9.17) is 0 Å². The van der Waals surface area contributed by atoms with Gasteiger partial charge in [0.05, 0.1) is 16.4 Å². The Kier molecular flexibility index (Phi) is 4.50. The van der Waals surface area contributed by atoms with Gasteiger partial charge in [-0.2, -0.15) is 0 Å². The lowest BCUT2D eigenvalue weighted by molar-refractivity contribution is -0.0977. The van der Waals surface area contributed by atoms with Gasteiger partial charge in [-0.15, -0.1) is 0 Å². The van der Waals surface area contributed by atoms with Crippen LogP contribution in [0.1, 0.15) is 75.7 Å². The Hall–Kier alpha value is -1.36. The molecule has 0 saturated heterocycles. The van der Waals surface area contributed by atoms with E-state index in [0.717, 1.165) is 16.9 Å². The normalized spacial score (nSPS) is 38.7. The predicted molar refractivity (Wildman–Crippen MR) is 112 cm³/mol. The van der Waals surface area contributed by atoms with Crippen molar-refractivity contribution in [3.63, 3.8) is 0 Å². The molecule has 4 nitrogen and oxygen atoms in total. The molecule has 1 unspecified atom stereocenters. The Morgan fingerprint density at radius 2 is 1.86 bits per heavy atom. The number of carbonyl (C=O) groups is 1. The molecule has 1 aromatic carbocycles. The van der Waals surface area contributed by atoms with E-state index in [0.29, 0.717) is 23.0 Å². The highest BCUT2D eigenvalue weighted by Gasteiger charge is 2.60. The van der Waals surface area contributed by atoms with Crippen molar-refractivity contribution >= 4 is 16.7 Å². The molecular weight excluding hydrogens is 370 g/mol. The molecule has 5 atom stereocenters. The van der Waals surface area contributed by atoms with E-state index < -0.39 is 10.8 Å². The molecule has 2 fully saturated rings. The molecule has 0 aromatic heterocycles.